The third-order valence-electron chi connectivity index (χ3n) is 3.61. The summed E-state index contributed by atoms with van der Waals surface area (Å²) in [6, 6.07) is 5.54. The van der Waals surface area contributed by atoms with Crippen LogP contribution in [0.15, 0.2) is 30.5 Å². The molecule has 0 aliphatic rings. The van der Waals surface area contributed by atoms with Crippen LogP contribution in [0.25, 0.3) is 0 Å². The van der Waals surface area contributed by atoms with Crippen LogP contribution in [0.2, 0.25) is 0 Å². The summed E-state index contributed by atoms with van der Waals surface area (Å²) in [5, 5.41) is 20.1. The molecule has 0 saturated carbocycles. The minimum atomic E-state index is -0.498. The molecule has 0 aliphatic carbocycles. The topological polar surface area (TPSA) is 122 Å². The van der Waals surface area contributed by atoms with Gasteiger partial charge in [0.1, 0.15) is 24.0 Å². The molecular weight excluding hydrogens is 387 g/mol. The lowest BCUT2D eigenvalue weighted by molar-refractivity contribution is -0.126. The molecule has 3 rings (SSSR count). The van der Waals surface area contributed by atoms with E-state index in [4.69, 9.17) is 4.74 Å². The van der Waals surface area contributed by atoms with E-state index in [1.54, 1.807) is 12.3 Å². The number of anilines is 1. The number of ether oxygens (including phenoxy) is 1. The predicted molar refractivity (Wildman–Crippen MR) is 99.1 cm³/mol. The summed E-state index contributed by atoms with van der Waals surface area (Å²) in [4.78, 5) is 23.9. The van der Waals surface area contributed by atoms with Crippen molar-refractivity contribution in [3.8, 4) is 0 Å². The van der Waals surface area contributed by atoms with Crippen molar-refractivity contribution in [2.45, 2.75) is 20.1 Å². The van der Waals surface area contributed by atoms with Gasteiger partial charge in [0.2, 0.25) is 10.9 Å². The van der Waals surface area contributed by atoms with Gasteiger partial charge in [0.15, 0.2) is 0 Å². The quantitative estimate of drug-likeness (QED) is 0.526. The number of nitrogens with zero attached hydrogens (tertiary/aromatic N) is 3. The average Bonchev–Trinajstić information content (AvgIpc) is 3.29. The first-order chi connectivity index (χ1) is 13.5. The second-order valence-electron chi connectivity index (χ2n) is 5.76. The number of benzene rings is 1. The van der Waals surface area contributed by atoms with Gasteiger partial charge < -0.3 is 15.4 Å². The Morgan fingerprint density at radius 1 is 1.32 bits per heavy atom. The molecule has 2 heterocycles. The standard InChI is InChI=1S/C17H17FN6O3S/c1-10-11(7-20-22-10)6-19-14(25)8-27-9-15-23-24-17(28-15)16(26)21-13-4-2-3-12(18)5-13/h2-5,7H,6,8-9H2,1H3,(H,19,25)(H,20,22)(H,21,26). The van der Waals surface area contributed by atoms with Crippen LogP contribution in [0.5, 0.6) is 0 Å². The maximum Gasteiger partial charge on any atom is 0.286 e. The number of carbonyl (C=O) groups is 2. The molecule has 0 radical (unpaired) electrons. The van der Waals surface area contributed by atoms with Gasteiger partial charge in [-0.15, -0.1) is 10.2 Å². The van der Waals surface area contributed by atoms with E-state index in [1.165, 1.54) is 18.2 Å². The number of rotatable bonds is 8. The summed E-state index contributed by atoms with van der Waals surface area (Å²) in [7, 11) is 0. The Hall–Kier alpha value is -3.18. The third kappa shape index (κ3) is 5.41. The van der Waals surface area contributed by atoms with Crippen molar-refractivity contribution in [1.29, 1.82) is 0 Å². The summed E-state index contributed by atoms with van der Waals surface area (Å²) in [5.41, 5.74) is 2.10. The second-order valence-corrected chi connectivity index (χ2v) is 6.82. The maximum absolute atomic E-state index is 13.2. The van der Waals surface area contributed by atoms with Crippen molar-refractivity contribution in [2.24, 2.45) is 0 Å². The van der Waals surface area contributed by atoms with E-state index in [0.29, 0.717) is 17.2 Å². The Balaban J connectivity index is 1.42. The van der Waals surface area contributed by atoms with E-state index in [9.17, 15) is 14.0 Å². The van der Waals surface area contributed by atoms with Crippen LogP contribution in [0, 0.1) is 12.7 Å². The predicted octanol–water partition coefficient (Wildman–Crippen LogP) is 1.79. The summed E-state index contributed by atoms with van der Waals surface area (Å²) >= 11 is 1.03. The normalized spacial score (nSPS) is 10.6. The zero-order chi connectivity index (χ0) is 19.9. The van der Waals surface area contributed by atoms with Crippen molar-refractivity contribution in [3.05, 3.63) is 57.6 Å². The van der Waals surface area contributed by atoms with E-state index in [0.717, 1.165) is 22.6 Å². The Kier molecular flexibility index (Phi) is 6.40. The SMILES string of the molecule is Cc1[nH]ncc1CNC(=O)COCc1nnc(C(=O)Nc2cccc(F)c2)s1. The van der Waals surface area contributed by atoms with E-state index in [2.05, 4.69) is 31.0 Å². The van der Waals surface area contributed by atoms with Gasteiger partial charge in [-0.05, 0) is 25.1 Å². The fraction of sp³-hybridized carbons (Fsp3) is 0.235. The van der Waals surface area contributed by atoms with Crippen LogP contribution < -0.4 is 10.6 Å². The van der Waals surface area contributed by atoms with Crippen molar-refractivity contribution < 1.29 is 18.7 Å². The fourth-order valence-corrected chi connectivity index (χ4v) is 2.86. The smallest absolute Gasteiger partial charge is 0.286 e. The van der Waals surface area contributed by atoms with Crippen molar-refractivity contribution in [1.82, 2.24) is 25.7 Å². The molecule has 0 saturated heterocycles. The van der Waals surface area contributed by atoms with Gasteiger partial charge in [0, 0.05) is 23.5 Å². The average molecular weight is 404 g/mol. The van der Waals surface area contributed by atoms with E-state index in [-0.39, 0.29) is 24.1 Å². The monoisotopic (exact) mass is 404 g/mol. The lowest BCUT2D eigenvalue weighted by Gasteiger charge is -2.04. The van der Waals surface area contributed by atoms with Gasteiger partial charge in [0.25, 0.3) is 5.91 Å². The van der Waals surface area contributed by atoms with Gasteiger partial charge >= 0.3 is 0 Å². The molecular formula is C17H17FN6O3S. The molecule has 0 atom stereocenters. The van der Waals surface area contributed by atoms with Gasteiger partial charge in [-0.1, -0.05) is 17.4 Å². The zero-order valence-electron chi connectivity index (χ0n) is 14.9. The number of carbonyl (C=O) groups excluding carboxylic acids is 2. The highest BCUT2D eigenvalue weighted by molar-refractivity contribution is 7.13. The summed E-state index contributed by atoms with van der Waals surface area (Å²) in [6.07, 6.45) is 1.65. The van der Waals surface area contributed by atoms with E-state index >= 15 is 0 Å². The molecule has 0 aliphatic heterocycles. The Morgan fingerprint density at radius 3 is 2.93 bits per heavy atom. The number of halogens is 1. The van der Waals surface area contributed by atoms with Crippen LogP contribution >= 0.6 is 11.3 Å². The largest absolute Gasteiger partial charge is 0.364 e. The third-order valence-corrected chi connectivity index (χ3v) is 4.51. The molecule has 0 bridgehead atoms. The first kappa shape index (κ1) is 19.6. The molecule has 2 amide bonds. The summed E-state index contributed by atoms with van der Waals surface area (Å²) in [5.74, 6) is -1.23. The highest BCUT2D eigenvalue weighted by atomic mass is 32.1. The van der Waals surface area contributed by atoms with Crippen LogP contribution in [0.1, 0.15) is 26.1 Å². The summed E-state index contributed by atoms with van der Waals surface area (Å²) in [6.45, 7) is 2.11. The lowest BCUT2D eigenvalue weighted by Crippen LogP contribution is -2.27. The van der Waals surface area contributed by atoms with E-state index in [1.807, 2.05) is 6.92 Å². The number of aromatic amines is 1. The molecule has 11 heteroatoms. The highest BCUT2D eigenvalue weighted by Crippen LogP contribution is 2.15. The molecule has 0 spiro atoms. The first-order valence-corrected chi connectivity index (χ1v) is 9.05. The number of hydrogen-bond donors (Lipinski definition) is 3. The summed E-state index contributed by atoms with van der Waals surface area (Å²) < 4.78 is 18.5. The van der Waals surface area contributed by atoms with Gasteiger partial charge in [0.05, 0.1) is 6.20 Å². The minimum Gasteiger partial charge on any atom is -0.364 e. The molecule has 0 fully saturated rings. The highest BCUT2D eigenvalue weighted by Gasteiger charge is 2.14. The van der Waals surface area contributed by atoms with Crippen molar-refractivity contribution in [2.75, 3.05) is 11.9 Å². The molecule has 3 N–H and O–H groups in total. The van der Waals surface area contributed by atoms with Gasteiger partial charge in [-0.2, -0.15) is 5.10 Å². The number of hydrogen-bond acceptors (Lipinski definition) is 7. The van der Waals surface area contributed by atoms with E-state index < -0.39 is 11.7 Å². The van der Waals surface area contributed by atoms with Gasteiger partial charge in [-0.25, -0.2) is 4.39 Å². The van der Waals surface area contributed by atoms with Crippen LogP contribution in [-0.4, -0.2) is 38.8 Å². The number of H-pyrrole nitrogens is 1. The van der Waals surface area contributed by atoms with Crippen LogP contribution in [0.3, 0.4) is 0 Å². The van der Waals surface area contributed by atoms with Crippen molar-refractivity contribution in [3.63, 3.8) is 0 Å². The zero-order valence-corrected chi connectivity index (χ0v) is 15.7. The number of aromatic nitrogens is 4. The number of aryl methyl sites for hydroxylation is 1. The molecule has 0 unspecified atom stereocenters. The Morgan fingerprint density at radius 2 is 2.18 bits per heavy atom. The Bertz CT molecular complexity index is 973. The van der Waals surface area contributed by atoms with Gasteiger partial charge in [-0.3, -0.25) is 14.7 Å². The molecule has 28 heavy (non-hydrogen) atoms. The minimum absolute atomic E-state index is 0.0447. The molecule has 3 aromatic rings. The Labute approximate surface area is 163 Å². The molecule has 146 valence electrons. The van der Waals surface area contributed by atoms with Crippen molar-refractivity contribution >= 4 is 28.8 Å². The molecule has 2 aromatic heterocycles. The molecule has 1 aromatic carbocycles. The first-order valence-electron chi connectivity index (χ1n) is 8.24. The molecule has 9 nitrogen and oxygen atoms in total. The number of nitrogens with one attached hydrogen (secondary N) is 3. The second kappa shape index (κ2) is 9.15. The van der Waals surface area contributed by atoms with Crippen LogP contribution in [0.4, 0.5) is 10.1 Å². The van der Waals surface area contributed by atoms with Crippen LogP contribution in [-0.2, 0) is 22.7 Å². The number of amides is 2. The maximum atomic E-state index is 13.2. The fourth-order valence-electron chi connectivity index (χ4n) is 2.18. The lowest BCUT2D eigenvalue weighted by atomic mass is 10.2.